The van der Waals surface area contributed by atoms with Crippen LogP contribution in [0.15, 0.2) is 30.3 Å². The molecule has 2 rings (SSSR count). The average molecular weight is 286 g/mol. The topological polar surface area (TPSA) is 64.3 Å². The summed E-state index contributed by atoms with van der Waals surface area (Å²) >= 11 is 0. The summed E-state index contributed by atoms with van der Waals surface area (Å²) in [4.78, 5) is 10.9. The van der Waals surface area contributed by atoms with Gasteiger partial charge in [-0.05, 0) is 25.0 Å². The van der Waals surface area contributed by atoms with E-state index in [4.69, 9.17) is 10.5 Å². The molecule has 0 aliphatic carbocycles. The number of rotatable bonds is 6. The van der Waals surface area contributed by atoms with Gasteiger partial charge in [-0.25, -0.2) is 4.98 Å². The molecule has 0 amide bonds. The molecule has 0 aliphatic rings. The summed E-state index contributed by atoms with van der Waals surface area (Å²) in [7, 11) is 1.97. The normalized spacial score (nSPS) is 10.5. The molecule has 0 spiro atoms. The van der Waals surface area contributed by atoms with Crippen molar-refractivity contribution in [2.75, 3.05) is 18.6 Å². The van der Waals surface area contributed by atoms with Crippen molar-refractivity contribution in [2.24, 2.45) is 5.73 Å². The molecule has 0 bridgehead atoms. The van der Waals surface area contributed by atoms with Crippen LogP contribution in [0.4, 0.5) is 5.95 Å². The van der Waals surface area contributed by atoms with E-state index in [0.717, 1.165) is 17.8 Å². The van der Waals surface area contributed by atoms with Gasteiger partial charge in [0, 0.05) is 31.9 Å². The zero-order valence-corrected chi connectivity index (χ0v) is 12.8. The Balaban J connectivity index is 2.17. The van der Waals surface area contributed by atoms with Crippen molar-refractivity contribution in [3.8, 4) is 5.88 Å². The first-order valence-electron chi connectivity index (χ1n) is 7.10. The molecular formula is C16H22N4O. The highest BCUT2D eigenvalue weighted by Gasteiger charge is 2.09. The minimum atomic E-state index is 0.549. The first-order chi connectivity index (χ1) is 10.1. The van der Waals surface area contributed by atoms with E-state index in [2.05, 4.69) is 22.1 Å². The van der Waals surface area contributed by atoms with Gasteiger partial charge in [-0.1, -0.05) is 24.3 Å². The molecular weight excluding hydrogens is 264 g/mol. The third kappa shape index (κ3) is 4.16. The molecule has 0 saturated carbocycles. The molecule has 0 aliphatic heterocycles. The van der Waals surface area contributed by atoms with Gasteiger partial charge in [-0.3, -0.25) is 0 Å². The highest BCUT2D eigenvalue weighted by Crippen LogP contribution is 2.17. The van der Waals surface area contributed by atoms with E-state index >= 15 is 0 Å². The number of hydrogen-bond acceptors (Lipinski definition) is 5. The largest absolute Gasteiger partial charge is 0.478 e. The molecule has 2 aromatic rings. The van der Waals surface area contributed by atoms with Crippen molar-refractivity contribution in [3.05, 3.63) is 47.2 Å². The summed E-state index contributed by atoms with van der Waals surface area (Å²) in [5.41, 5.74) is 8.88. The van der Waals surface area contributed by atoms with Crippen molar-refractivity contribution >= 4 is 5.95 Å². The van der Waals surface area contributed by atoms with E-state index < -0.39 is 0 Å². The monoisotopic (exact) mass is 286 g/mol. The van der Waals surface area contributed by atoms with Gasteiger partial charge < -0.3 is 15.4 Å². The van der Waals surface area contributed by atoms with E-state index in [0.29, 0.717) is 25.0 Å². The van der Waals surface area contributed by atoms with Crippen molar-refractivity contribution in [1.29, 1.82) is 0 Å². The van der Waals surface area contributed by atoms with Gasteiger partial charge in [0.05, 0.1) is 6.61 Å². The number of nitrogens with zero attached hydrogens (tertiary/aromatic N) is 3. The summed E-state index contributed by atoms with van der Waals surface area (Å²) in [6, 6.07) is 10.1. The third-order valence-electron chi connectivity index (χ3n) is 3.10. The Morgan fingerprint density at radius 1 is 1.19 bits per heavy atom. The number of aryl methyl sites for hydroxylation is 1. The molecule has 5 nitrogen and oxygen atoms in total. The summed E-state index contributed by atoms with van der Waals surface area (Å²) in [6.45, 7) is 5.75. The standard InChI is InChI=1S/C16H22N4O/c1-4-21-15-8-12(2)18-16(19-15)20(3)11-14-7-5-6-13(9-14)10-17/h5-9H,4,10-11,17H2,1-3H3. The van der Waals surface area contributed by atoms with Crippen molar-refractivity contribution in [3.63, 3.8) is 0 Å². The van der Waals surface area contributed by atoms with Crippen LogP contribution in [-0.4, -0.2) is 23.6 Å². The molecule has 21 heavy (non-hydrogen) atoms. The molecule has 0 radical (unpaired) electrons. The van der Waals surface area contributed by atoms with Crippen LogP contribution in [-0.2, 0) is 13.1 Å². The fraction of sp³-hybridized carbons (Fsp3) is 0.375. The Morgan fingerprint density at radius 3 is 2.67 bits per heavy atom. The fourth-order valence-electron chi connectivity index (χ4n) is 2.12. The molecule has 1 aromatic carbocycles. The minimum absolute atomic E-state index is 0.549. The number of aromatic nitrogens is 2. The second kappa shape index (κ2) is 7.04. The molecule has 0 atom stereocenters. The van der Waals surface area contributed by atoms with Crippen LogP contribution in [0.25, 0.3) is 0 Å². The maximum atomic E-state index is 5.68. The molecule has 1 aromatic heterocycles. The van der Waals surface area contributed by atoms with Crippen LogP contribution in [0.3, 0.4) is 0 Å². The molecule has 112 valence electrons. The summed E-state index contributed by atoms with van der Waals surface area (Å²) in [5, 5.41) is 0. The van der Waals surface area contributed by atoms with Crippen LogP contribution in [0.2, 0.25) is 0 Å². The van der Waals surface area contributed by atoms with E-state index in [1.54, 1.807) is 0 Å². The molecule has 5 heteroatoms. The van der Waals surface area contributed by atoms with Gasteiger partial charge in [-0.2, -0.15) is 4.98 Å². The van der Waals surface area contributed by atoms with Gasteiger partial charge in [0.2, 0.25) is 11.8 Å². The lowest BCUT2D eigenvalue weighted by atomic mass is 10.1. The second-order valence-electron chi connectivity index (χ2n) is 4.96. The number of nitrogens with two attached hydrogens (primary N) is 1. The summed E-state index contributed by atoms with van der Waals surface area (Å²) in [6.07, 6.45) is 0. The Bertz CT molecular complexity index is 601. The molecule has 0 saturated heterocycles. The van der Waals surface area contributed by atoms with Gasteiger partial charge in [0.25, 0.3) is 0 Å². The lowest BCUT2D eigenvalue weighted by Crippen LogP contribution is -2.20. The highest BCUT2D eigenvalue weighted by atomic mass is 16.5. The SMILES string of the molecule is CCOc1cc(C)nc(N(C)Cc2cccc(CN)c2)n1. The minimum Gasteiger partial charge on any atom is -0.478 e. The molecule has 1 heterocycles. The number of benzene rings is 1. The molecule has 0 unspecified atom stereocenters. The molecule has 0 fully saturated rings. The van der Waals surface area contributed by atoms with Gasteiger partial charge in [0.15, 0.2) is 0 Å². The predicted octanol–water partition coefficient (Wildman–Crippen LogP) is 2.28. The zero-order valence-electron chi connectivity index (χ0n) is 12.8. The van der Waals surface area contributed by atoms with E-state index in [-0.39, 0.29) is 0 Å². The first kappa shape index (κ1) is 15.3. The van der Waals surface area contributed by atoms with Crippen molar-refractivity contribution in [2.45, 2.75) is 26.9 Å². The van der Waals surface area contributed by atoms with Gasteiger partial charge >= 0.3 is 0 Å². The van der Waals surface area contributed by atoms with Crippen molar-refractivity contribution < 1.29 is 4.74 Å². The Kier molecular flexibility index (Phi) is 5.11. The second-order valence-corrected chi connectivity index (χ2v) is 4.96. The van der Waals surface area contributed by atoms with E-state index in [1.807, 2.05) is 44.0 Å². The van der Waals surface area contributed by atoms with Crippen LogP contribution >= 0.6 is 0 Å². The van der Waals surface area contributed by atoms with Gasteiger partial charge in [0.1, 0.15) is 0 Å². The van der Waals surface area contributed by atoms with E-state index in [1.165, 1.54) is 5.56 Å². The summed E-state index contributed by atoms with van der Waals surface area (Å²) in [5.74, 6) is 1.28. The first-order valence-corrected chi connectivity index (χ1v) is 7.10. The van der Waals surface area contributed by atoms with Crippen LogP contribution < -0.4 is 15.4 Å². The number of hydrogen-bond donors (Lipinski definition) is 1. The van der Waals surface area contributed by atoms with Crippen LogP contribution in [0.5, 0.6) is 5.88 Å². The fourth-order valence-corrected chi connectivity index (χ4v) is 2.12. The predicted molar refractivity (Wildman–Crippen MR) is 84.4 cm³/mol. The average Bonchev–Trinajstić information content (AvgIpc) is 2.47. The van der Waals surface area contributed by atoms with Crippen LogP contribution in [0, 0.1) is 6.92 Å². The smallest absolute Gasteiger partial charge is 0.228 e. The van der Waals surface area contributed by atoms with E-state index in [9.17, 15) is 0 Å². The highest BCUT2D eigenvalue weighted by molar-refractivity contribution is 5.35. The Morgan fingerprint density at radius 2 is 1.95 bits per heavy atom. The maximum Gasteiger partial charge on any atom is 0.228 e. The Labute approximate surface area is 125 Å². The Hall–Kier alpha value is -2.14. The maximum absolute atomic E-state index is 5.68. The third-order valence-corrected chi connectivity index (χ3v) is 3.10. The number of ether oxygens (including phenoxy) is 1. The quantitative estimate of drug-likeness (QED) is 0.882. The summed E-state index contributed by atoms with van der Waals surface area (Å²) < 4.78 is 5.47. The number of anilines is 1. The lowest BCUT2D eigenvalue weighted by molar-refractivity contribution is 0.326. The van der Waals surface area contributed by atoms with Crippen LogP contribution in [0.1, 0.15) is 23.7 Å². The lowest BCUT2D eigenvalue weighted by Gasteiger charge is -2.18. The van der Waals surface area contributed by atoms with Gasteiger partial charge in [-0.15, -0.1) is 0 Å². The zero-order chi connectivity index (χ0) is 15.2. The molecule has 2 N–H and O–H groups in total. The van der Waals surface area contributed by atoms with Crippen molar-refractivity contribution in [1.82, 2.24) is 9.97 Å².